The van der Waals surface area contributed by atoms with Gasteiger partial charge in [0, 0.05) is 12.6 Å². The van der Waals surface area contributed by atoms with Crippen LogP contribution in [0, 0.1) is 5.92 Å². The number of carbonyl (C=O) groups excluding carboxylic acids is 1. The molecule has 2 unspecified atom stereocenters. The summed E-state index contributed by atoms with van der Waals surface area (Å²) in [5.74, 6) is 0.751. The van der Waals surface area contributed by atoms with Gasteiger partial charge >= 0.3 is 5.37 Å². The van der Waals surface area contributed by atoms with Gasteiger partial charge in [0.05, 0.1) is 0 Å². The third kappa shape index (κ3) is 1.33. The van der Waals surface area contributed by atoms with E-state index >= 15 is 0 Å². The molecule has 2 nitrogen and oxygen atoms in total. The zero-order chi connectivity index (χ0) is 8.55. The molecular weight excluding hydrogens is 174 g/mol. The molecule has 2 atom stereocenters. The van der Waals surface area contributed by atoms with E-state index in [0.29, 0.717) is 6.04 Å². The number of fused-ring (bicyclic) bond motifs is 1. The van der Waals surface area contributed by atoms with Gasteiger partial charge in [-0.1, -0.05) is 6.42 Å². The van der Waals surface area contributed by atoms with Crippen molar-refractivity contribution in [2.75, 3.05) is 6.54 Å². The van der Waals surface area contributed by atoms with Crippen LogP contribution >= 0.6 is 11.6 Å². The minimum Gasteiger partial charge on any atom is -0.326 e. The molecule has 0 radical (unpaired) electrons. The number of amides is 1. The summed E-state index contributed by atoms with van der Waals surface area (Å²) in [5.41, 5.74) is 0. The smallest absolute Gasteiger partial charge is 0.316 e. The van der Waals surface area contributed by atoms with Crippen LogP contribution in [0.3, 0.4) is 0 Å². The largest absolute Gasteiger partial charge is 0.326 e. The van der Waals surface area contributed by atoms with Crippen LogP contribution in [0.15, 0.2) is 0 Å². The lowest BCUT2D eigenvalue weighted by molar-refractivity contribution is 0.146. The highest BCUT2D eigenvalue weighted by Crippen LogP contribution is 2.37. The highest BCUT2D eigenvalue weighted by Gasteiger charge is 2.36. The number of piperidine rings is 1. The molecule has 1 heterocycles. The van der Waals surface area contributed by atoms with Crippen LogP contribution < -0.4 is 0 Å². The average Bonchev–Trinajstić information content (AvgIpc) is 2.49. The highest BCUT2D eigenvalue weighted by atomic mass is 35.5. The van der Waals surface area contributed by atoms with E-state index in [1.54, 1.807) is 0 Å². The molecule has 0 N–H and O–H groups in total. The van der Waals surface area contributed by atoms with E-state index in [1.165, 1.54) is 25.7 Å². The van der Waals surface area contributed by atoms with E-state index in [1.807, 2.05) is 4.90 Å². The van der Waals surface area contributed by atoms with E-state index in [-0.39, 0.29) is 5.37 Å². The van der Waals surface area contributed by atoms with Crippen molar-refractivity contribution in [3.05, 3.63) is 0 Å². The number of likely N-dealkylation sites (tertiary alicyclic amines) is 1. The molecule has 1 aliphatic heterocycles. The van der Waals surface area contributed by atoms with Gasteiger partial charge in [0.15, 0.2) is 0 Å². The fraction of sp³-hybridized carbons (Fsp3) is 0.889. The minimum atomic E-state index is -0.244. The summed E-state index contributed by atoms with van der Waals surface area (Å²) in [7, 11) is 0. The fourth-order valence-corrected chi connectivity index (χ4v) is 2.88. The number of halogens is 1. The number of nitrogens with zero attached hydrogens (tertiary/aromatic N) is 1. The Hall–Kier alpha value is -0.240. The van der Waals surface area contributed by atoms with E-state index in [9.17, 15) is 4.79 Å². The summed E-state index contributed by atoms with van der Waals surface area (Å²) in [4.78, 5) is 12.9. The molecule has 2 aliphatic rings. The summed E-state index contributed by atoms with van der Waals surface area (Å²) in [6.07, 6.45) is 6.18. The number of hydrogen-bond acceptors (Lipinski definition) is 1. The zero-order valence-corrected chi connectivity index (χ0v) is 7.89. The molecule has 0 aromatic heterocycles. The van der Waals surface area contributed by atoms with Crippen LogP contribution in [0.1, 0.15) is 32.1 Å². The van der Waals surface area contributed by atoms with Crippen molar-refractivity contribution < 1.29 is 4.79 Å². The molecule has 0 aromatic rings. The highest BCUT2D eigenvalue weighted by molar-refractivity contribution is 6.62. The Labute approximate surface area is 77.9 Å². The van der Waals surface area contributed by atoms with Gasteiger partial charge in [-0.05, 0) is 43.2 Å². The first-order valence-corrected chi connectivity index (χ1v) is 5.13. The number of rotatable bonds is 0. The van der Waals surface area contributed by atoms with Gasteiger partial charge in [-0.2, -0.15) is 0 Å². The van der Waals surface area contributed by atoms with Gasteiger partial charge in [-0.3, -0.25) is 4.79 Å². The Morgan fingerprint density at radius 2 is 2.00 bits per heavy atom. The van der Waals surface area contributed by atoms with E-state index in [4.69, 9.17) is 11.6 Å². The molecule has 3 heteroatoms. The van der Waals surface area contributed by atoms with Crippen molar-refractivity contribution in [1.82, 2.24) is 4.90 Å². The maximum atomic E-state index is 11.0. The van der Waals surface area contributed by atoms with Gasteiger partial charge in [-0.25, -0.2) is 0 Å². The molecular formula is C9H14ClNO. The Kier molecular flexibility index (Phi) is 2.26. The van der Waals surface area contributed by atoms with Crippen molar-refractivity contribution >= 4 is 17.0 Å². The molecule has 0 spiro atoms. The molecule has 0 aromatic carbocycles. The Morgan fingerprint density at radius 1 is 1.25 bits per heavy atom. The van der Waals surface area contributed by atoms with Gasteiger partial charge in [0.25, 0.3) is 0 Å². The summed E-state index contributed by atoms with van der Waals surface area (Å²) in [6.45, 7) is 0.878. The van der Waals surface area contributed by atoms with E-state index in [2.05, 4.69) is 0 Å². The normalized spacial score (nSPS) is 34.9. The van der Waals surface area contributed by atoms with Gasteiger partial charge in [-0.15, -0.1) is 0 Å². The fourth-order valence-electron chi connectivity index (χ4n) is 2.67. The molecule has 12 heavy (non-hydrogen) atoms. The third-order valence-electron chi connectivity index (χ3n) is 3.22. The first-order valence-electron chi connectivity index (χ1n) is 4.75. The van der Waals surface area contributed by atoms with Crippen LogP contribution in [-0.2, 0) is 0 Å². The van der Waals surface area contributed by atoms with Crippen molar-refractivity contribution in [2.45, 2.75) is 38.1 Å². The van der Waals surface area contributed by atoms with Crippen LogP contribution in [0.25, 0.3) is 0 Å². The first-order chi connectivity index (χ1) is 5.79. The first kappa shape index (κ1) is 8.36. The van der Waals surface area contributed by atoms with Gasteiger partial charge < -0.3 is 4.90 Å². The van der Waals surface area contributed by atoms with Crippen molar-refractivity contribution in [3.63, 3.8) is 0 Å². The summed E-state index contributed by atoms with van der Waals surface area (Å²) in [6, 6.07) is 0.476. The molecule has 1 saturated heterocycles. The molecule has 1 saturated carbocycles. The predicted octanol–water partition coefficient (Wildman–Crippen LogP) is 2.61. The Balaban J connectivity index is 2.08. The van der Waals surface area contributed by atoms with Crippen LogP contribution in [-0.4, -0.2) is 22.9 Å². The lowest BCUT2D eigenvalue weighted by atomic mass is 9.92. The number of carbonyl (C=O) groups is 1. The topological polar surface area (TPSA) is 20.3 Å². The maximum absolute atomic E-state index is 11.0. The summed E-state index contributed by atoms with van der Waals surface area (Å²) < 4.78 is 0. The van der Waals surface area contributed by atoms with Crippen molar-refractivity contribution in [3.8, 4) is 0 Å². The minimum absolute atomic E-state index is 0.244. The second-order valence-corrected chi connectivity index (χ2v) is 4.17. The second-order valence-electron chi connectivity index (χ2n) is 3.85. The zero-order valence-electron chi connectivity index (χ0n) is 7.13. The SMILES string of the molecule is O=C(Cl)N1CCCC2CCCC21. The monoisotopic (exact) mass is 187 g/mol. The van der Waals surface area contributed by atoms with Crippen LogP contribution in [0.5, 0.6) is 0 Å². The second kappa shape index (κ2) is 3.25. The van der Waals surface area contributed by atoms with E-state index in [0.717, 1.165) is 18.9 Å². The Morgan fingerprint density at radius 3 is 2.75 bits per heavy atom. The average molecular weight is 188 g/mol. The summed E-state index contributed by atoms with van der Waals surface area (Å²) >= 11 is 5.51. The lowest BCUT2D eigenvalue weighted by Crippen LogP contribution is -2.43. The Bertz CT molecular complexity index is 195. The predicted molar refractivity (Wildman–Crippen MR) is 48.3 cm³/mol. The standard InChI is InChI=1S/C9H14ClNO/c10-9(12)11-6-2-4-7-3-1-5-8(7)11/h7-8H,1-6H2. The molecule has 68 valence electrons. The lowest BCUT2D eigenvalue weighted by Gasteiger charge is -2.36. The van der Waals surface area contributed by atoms with Gasteiger partial charge in [0.2, 0.25) is 0 Å². The molecule has 2 fully saturated rings. The number of hydrogen-bond donors (Lipinski definition) is 0. The third-order valence-corrected chi connectivity index (χ3v) is 3.44. The molecule has 0 bridgehead atoms. The molecule has 1 aliphatic carbocycles. The quantitative estimate of drug-likeness (QED) is 0.422. The van der Waals surface area contributed by atoms with Crippen LogP contribution in [0.4, 0.5) is 4.79 Å². The van der Waals surface area contributed by atoms with Crippen molar-refractivity contribution in [1.29, 1.82) is 0 Å². The molecule has 2 rings (SSSR count). The molecule has 1 amide bonds. The summed E-state index contributed by atoms with van der Waals surface area (Å²) in [5, 5.41) is -0.244. The van der Waals surface area contributed by atoms with E-state index < -0.39 is 0 Å². The van der Waals surface area contributed by atoms with Crippen molar-refractivity contribution in [2.24, 2.45) is 5.92 Å². The van der Waals surface area contributed by atoms with Crippen LogP contribution in [0.2, 0.25) is 0 Å². The maximum Gasteiger partial charge on any atom is 0.316 e. The van der Waals surface area contributed by atoms with Gasteiger partial charge in [0.1, 0.15) is 0 Å².